The molecule has 0 atom stereocenters. The number of halogens is 2. The summed E-state index contributed by atoms with van der Waals surface area (Å²) in [5.74, 6) is 0. The lowest BCUT2D eigenvalue weighted by Crippen LogP contribution is -2.00. The number of nitrogens with one attached hydrogen (secondary N) is 1. The minimum Gasteiger partial charge on any atom is -0.381 e. The van der Waals surface area contributed by atoms with Gasteiger partial charge in [-0.3, -0.25) is 0 Å². The fraction of sp³-hybridized carbons (Fsp3) is 0.111. The van der Waals surface area contributed by atoms with E-state index in [1.54, 1.807) is 0 Å². The van der Waals surface area contributed by atoms with E-state index in [0.717, 1.165) is 21.2 Å². The van der Waals surface area contributed by atoms with Gasteiger partial charge >= 0.3 is 0 Å². The van der Waals surface area contributed by atoms with Crippen molar-refractivity contribution < 1.29 is 0 Å². The van der Waals surface area contributed by atoms with Gasteiger partial charge in [0, 0.05) is 21.2 Å². The summed E-state index contributed by atoms with van der Waals surface area (Å²) in [5.41, 5.74) is 3.66. The minimum atomic E-state index is 0.808. The van der Waals surface area contributed by atoms with E-state index < -0.39 is 0 Å². The van der Waals surface area contributed by atoms with Crippen LogP contribution >= 0.6 is 31.9 Å². The first kappa shape index (κ1) is 14.6. The molecule has 3 aromatic carbocycles. The first-order chi connectivity index (χ1) is 10.1. The van der Waals surface area contributed by atoms with E-state index in [1.165, 1.54) is 21.9 Å². The Morgan fingerprint density at radius 1 is 0.857 bits per heavy atom. The predicted molar refractivity (Wildman–Crippen MR) is 97.9 cm³/mol. The number of fused-ring (bicyclic) bond motifs is 1. The van der Waals surface area contributed by atoms with Crippen molar-refractivity contribution in [1.82, 2.24) is 0 Å². The van der Waals surface area contributed by atoms with Gasteiger partial charge in [0.15, 0.2) is 0 Å². The minimum absolute atomic E-state index is 0.808. The van der Waals surface area contributed by atoms with Crippen LogP contribution in [0.5, 0.6) is 0 Å². The summed E-state index contributed by atoms with van der Waals surface area (Å²) < 4.78 is 2.26. The monoisotopic (exact) mass is 403 g/mol. The van der Waals surface area contributed by atoms with Gasteiger partial charge in [0.2, 0.25) is 0 Å². The van der Waals surface area contributed by atoms with Crippen LogP contribution in [0.2, 0.25) is 0 Å². The summed E-state index contributed by atoms with van der Waals surface area (Å²) in [4.78, 5) is 0. The maximum Gasteiger partial charge on any atom is 0.0411 e. The SMILES string of the molecule is Cc1ccc(CNc2ccc3cc(Br)ccc3c2)c(Br)c1. The van der Waals surface area contributed by atoms with E-state index in [-0.39, 0.29) is 0 Å². The number of hydrogen-bond donors (Lipinski definition) is 1. The van der Waals surface area contributed by atoms with Crippen LogP contribution in [0.25, 0.3) is 10.8 Å². The second kappa shape index (κ2) is 6.20. The zero-order valence-electron chi connectivity index (χ0n) is 11.7. The molecule has 106 valence electrons. The number of hydrogen-bond acceptors (Lipinski definition) is 1. The summed E-state index contributed by atoms with van der Waals surface area (Å²) in [7, 11) is 0. The van der Waals surface area contributed by atoms with Gasteiger partial charge in [-0.15, -0.1) is 0 Å². The Balaban J connectivity index is 1.80. The number of rotatable bonds is 3. The van der Waals surface area contributed by atoms with E-state index >= 15 is 0 Å². The Kier molecular flexibility index (Phi) is 4.32. The van der Waals surface area contributed by atoms with Crippen LogP contribution < -0.4 is 5.32 Å². The molecule has 21 heavy (non-hydrogen) atoms. The standard InChI is InChI=1S/C18H15Br2N/c1-12-2-3-15(18(20)8-12)11-21-17-7-5-13-9-16(19)6-4-14(13)10-17/h2-10,21H,11H2,1H3. The van der Waals surface area contributed by atoms with Gasteiger partial charge in [-0.05, 0) is 59.2 Å². The molecule has 3 rings (SSSR count). The van der Waals surface area contributed by atoms with Crippen molar-refractivity contribution in [3.8, 4) is 0 Å². The van der Waals surface area contributed by atoms with Gasteiger partial charge in [0.25, 0.3) is 0 Å². The number of aryl methyl sites for hydroxylation is 1. The van der Waals surface area contributed by atoms with E-state index in [2.05, 4.69) is 98.7 Å². The smallest absolute Gasteiger partial charge is 0.0411 e. The Morgan fingerprint density at radius 2 is 1.62 bits per heavy atom. The van der Waals surface area contributed by atoms with Gasteiger partial charge in [0.05, 0.1) is 0 Å². The highest BCUT2D eigenvalue weighted by Gasteiger charge is 2.01. The molecule has 0 heterocycles. The van der Waals surface area contributed by atoms with Crippen molar-refractivity contribution >= 4 is 48.3 Å². The van der Waals surface area contributed by atoms with Crippen LogP contribution in [-0.2, 0) is 6.54 Å². The van der Waals surface area contributed by atoms with Crippen LogP contribution in [0, 0.1) is 6.92 Å². The zero-order valence-corrected chi connectivity index (χ0v) is 14.8. The molecule has 3 heteroatoms. The van der Waals surface area contributed by atoms with Gasteiger partial charge in [-0.25, -0.2) is 0 Å². The maximum absolute atomic E-state index is 3.62. The normalized spacial score (nSPS) is 10.8. The molecule has 0 saturated carbocycles. The second-order valence-electron chi connectivity index (χ2n) is 5.15. The third-order valence-electron chi connectivity index (χ3n) is 3.49. The Labute approximate surface area is 141 Å². The summed E-state index contributed by atoms with van der Waals surface area (Å²) in [5, 5.41) is 5.97. The van der Waals surface area contributed by atoms with Crippen molar-refractivity contribution in [2.75, 3.05) is 5.32 Å². The van der Waals surface area contributed by atoms with Crippen molar-refractivity contribution in [1.29, 1.82) is 0 Å². The highest BCUT2D eigenvalue weighted by Crippen LogP contribution is 2.24. The molecule has 0 fully saturated rings. The number of anilines is 1. The zero-order chi connectivity index (χ0) is 14.8. The fourth-order valence-electron chi connectivity index (χ4n) is 2.32. The molecule has 0 saturated heterocycles. The summed E-state index contributed by atoms with van der Waals surface area (Å²) in [6.07, 6.45) is 0. The first-order valence-corrected chi connectivity index (χ1v) is 8.39. The molecule has 0 aliphatic rings. The van der Waals surface area contributed by atoms with Crippen LogP contribution in [-0.4, -0.2) is 0 Å². The van der Waals surface area contributed by atoms with Crippen molar-refractivity contribution in [3.05, 3.63) is 74.7 Å². The van der Waals surface area contributed by atoms with Crippen LogP contribution in [0.15, 0.2) is 63.5 Å². The lowest BCUT2D eigenvalue weighted by molar-refractivity contribution is 1.13. The second-order valence-corrected chi connectivity index (χ2v) is 6.92. The van der Waals surface area contributed by atoms with Crippen LogP contribution in [0.4, 0.5) is 5.69 Å². The molecule has 0 amide bonds. The highest BCUT2D eigenvalue weighted by molar-refractivity contribution is 9.10. The molecule has 0 spiro atoms. The Hall–Kier alpha value is -1.32. The fourth-order valence-corrected chi connectivity index (χ4v) is 3.33. The van der Waals surface area contributed by atoms with Crippen molar-refractivity contribution in [3.63, 3.8) is 0 Å². The average Bonchev–Trinajstić information content (AvgIpc) is 2.46. The largest absolute Gasteiger partial charge is 0.381 e. The molecule has 0 radical (unpaired) electrons. The number of benzene rings is 3. The van der Waals surface area contributed by atoms with Gasteiger partial charge in [-0.1, -0.05) is 56.1 Å². The van der Waals surface area contributed by atoms with Gasteiger partial charge in [-0.2, -0.15) is 0 Å². The third kappa shape index (κ3) is 3.47. The van der Waals surface area contributed by atoms with Gasteiger partial charge < -0.3 is 5.32 Å². The average molecular weight is 405 g/mol. The lowest BCUT2D eigenvalue weighted by Gasteiger charge is -2.10. The molecular formula is C18H15Br2N. The first-order valence-electron chi connectivity index (χ1n) is 6.80. The Morgan fingerprint density at radius 3 is 2.43 bits per heavy atom. The topological polar surface area (TPSA) is 12.0 Å². The van der Waals surface area contributed by atoms with E-state index in [4.69, 9.17) is 0 Å². The molecule has 0 aromatic heterocycles. The van der Waals surface area contributed by atoms with E-state index in [0.29, 0.717) is 0 Å². The van der Waals surface area contributed by atoms with Crippen molar-refractivity contribution in [2.24, 2.45) is 0 Å². The molecule has 0 bridgehead atoms. The predicted octanol–water partition coefficient (Wildman–Crippen LogP) is 6.29. The molecule has 1 N–H and O–H groups in total. The summed E-state index contributed by atoms with van der Waals surface area (Å²) in [6.45, 7) is 2.91. The molecule has 0 aliphatic heterocycles. The summed E-state index contributed by atoms with van der Waals surface area (Å²) >= 11 is 7.13. The van der Waals surface area contributed by atoms with E-state index in [9.17, 15) is 0 Å². The summed E-state index contributed by atoms with van der Waals surface area (Å²) in [6, 6.07) is 19.2. The van der Waals surface area contributed by atoms with E-state index in [1.807, 2.05) is 0 Å². The maximum atomic E-state index is 3.62. The highest BCUT2D eigenvalue weighted by atomic mass is 79.9. The molecule has 0 unspecified atom stereocenters. The van der Waals surface area contributed by atoms with Crippen molar-refractivity contribution in [2.45, 2.75) is 13.5 Å². The molecular weight excluding hydrogens is 390 g/mol. The Bertz CT molecular complexity index is 796. The molecule has 3 aromatic rings. The third-order valence-corrected chi connectivity index (χ3v) is 4.73. The lowest BCUT2D eigenvalue weighted by atomic mass is 10.1. The quantitative estimate of drug-likeness (QED) is 0.541. The molecule has 0 aliphatic carbocycles. The van der Waals surface area contributed by atoms with Gasteiger partial charge in [0.1, 0.15) is 0 Å². The van der Waals surface area contributed by atoms with Crippen LogP contribution in [0.3, 0.4) is 0 Å². The van der Waals surface area contributed by atoms with Crippen LogP contribution in [0.1, 0.15) is 11.1 Å². The molecule has 1 nitrogen and oxygen atoms in total.